The summed E-state index contributed by atoms with van der Waals surface area (Å²) in [4.78, 5) is 18.0. The summed E-state index contributed by atoms with van der Waals surface area (Å²) in [6.45, 7) is -1.48. The molecule has 1 heterocycles. The van der Waals surface area contributed by atoms with E-state index in [1.54, 1.807) is 0 Å². The van der Waals surface area contributed by atoms with Gasteiger partial charge in [0.1, 0.15) is 5.88 Å². The van der Waals surface area contributed by atoms with E-state index in [0.717, 1.165) is 12.4 Å². The summed E-state index contributed by atoms with van der Waals surface area (Å²) >= 11 is 5.22. The molecule has 0 fully saturated rings. The highest BCUT2D eigenvalue weighted by molar-refractivity contribution is 6.28. The van der Waals surface area contributed by atoms with Gasteiger partial charge in [-0.1, -0.05) is 0 Å². The van der Waals surface area contributed by atoms with E-state index in [1.165, 1.54) is 0 Å². The molecule has 0 aliphatic carbocycles. The molecule has 0 atom stereocenters. The molecule has 17 heavy (non-hydrogen) atoms. The van der Waals surface area contributed by atoms with Crippen molar-refractivity contribution >= 4 is 23.3 Å². The Morgan fingerprint density at radius 1 is 1.47 bits per heavy atom. The predicted molar refractivity (Wildman–Crippen MR) is 52.9 cm³/mol. The normalized spacial score (nSPS) is 11.1. The van der Waals surface area contributed by atoms with Crippen LogP contribution in [0.4, 0.5) is 19.0 Å². The lowest BCUT2D eigenvalue weighted by Crippen LogP contribution is -2.20. The van der Waals surface area contributed by atoms with Gasteiger partial charge in [0.25, 0.3) is 0 Å². The van der Waals surface area contributed by atoms with Crippen molar-refractivity contribution in [3.05, 3.63) is 12.4 Å². The van der Waals surface area contributed by atoms with Crippen molar-refractivity contribution in [3.63, 3.8) is 0 Å². The van der Waals surface area contributed by atoms with E-state index < -0.39 is 18.7 Å². The zero-order valence-electron chi connectivity index (χ0n) is 8.29. The van der Waals surface area contributed by atoms with Crippen molar-refractivity contribution in [3.8, 4) is 5.88 Å². The highest BCUT2D eigenvalue weighted by Gasteiger charge is 2.28. The third-order valence-corrected chi connectivity index (χ3v) is 1.63. The van der Waals surface area contributed by atoms with Crippen molar-refractivity contribution in [1.29, 1.82) is 0 Å². The molecule has 1 amide bonds. The molecule has 0 aromatic carbocycles. The number of ether oxygens (including phenoxy) is 1. The number of nitrogens with zero attached hydrogens (tertiary/aromatic N) is 2. The highest BCUT2D eigenvalue weighted by Crippen LogP contribution is 2.17. The Morgan fingerprint density at radius 3 is 2.76 bits per heavy atom. The maximum absolute atomic E-state index is 11.8. The van der Waals surface area contributed by atoms with Crippen molar-refractivity contribution in [2.24, 2.45) is 0 Å². The van der Waals surface area contributed by atoms with Crippen LogP contribution in [0.5, 0.6) is 5.88 Å². The molecule has 0 aliphatic heterocycles. The van der Waals surface area contributed by atoms with Crippen LogP contribution in [0.2, 0.25) is 0 Å². The Bertz CT molecular complexity index is 400. The maximum Gasteiger partial charge on any atom is 0.422 e. The molecule has 9 heteroatoms. The van der Waals surface area contributed by atoms with Gasteiger partial charge >= 0.3 is 6.18 Å². The van der Waals surface area contributed by atoms with Gasteiger partial charge in [-0.2, -0.15) is 18.2 Å². The van der Waals surface area contributed by atoms with Gasteiger partial charge in [-0.3, -0.25) is 9.78 Å². The van der Waals surface area contributed by atoms with E-state index >= 15 is 0 Å². The van der Waals surface area contributed by atoms with Crippen molar-refractivity contribution in [2.45, 2.75) is 6.18 Å². The molecule has 0 aliphatic rings. The Labute approximate surface area is 99.0 Å². The van der Waals surface area contributed by atoms with Gasteiger partial charge in [0, 0.05) is 0 Å². The Morgan fingerprint density at radius 2 is 2.18 bits per heavy atom. The van der Waals surface area contributed by atoms with Gasteiger partial charge in [-0.25, -0.2) is 0 Å². The molecule has 0 saturated heterocycles. The van der Waals surface area contributed by atoms with E-state index in [-0.39, 0.29) is 17.6 Å². The van der Waals surface area contributed by atoms with Crippen molar-refractivity contribution in [2.75, 3.05) is 17.8 Å². The second-order valence-corrected chi connectivity index (χ2v) is 3.10. The Balaban J connectivity index is 2.63. The molecule has 0 bridgehead atoms. The quantitative estimate of drug-likeness (QED) is 0.843. The summed E-state index contributed by atoms with van der Waals surface area (Å²) in [6.07, 6.45) is -2.30. The molecule has 0 radical (unpaired) electrons. The first-order valence-electron chi connectivity index (χ1n) is 4.28. The lowest BCUT2D eigenvalue weighted by Gasteiger charge is -2.08. The van der Waals surface area contributed by atoms with Crippen LogP contribution in [-0.2, 0) is 4.79 Å². The van der Waals surface area contributed by atoms with Crippen molar-refractivity contribution < 1.29 is 22.7 Å². The molecule has 0 saturated carbocycles. The second-order valence-electron chi connectivity index (χ2n) is 2.83. The van der Waals surface area contributed by atoms with Gasteiger partial charge in [0.15, 0.2) is 12.4 Å². The van der Waals surface area contributed by atoms with Crippen LogP contribution >= 0.6 is 11.6 Å². The number of aromatic nitrogens is 2. The van der Waals surface area contributed by atoms with E-state index in [0.29, 0.717) is 0 Å². The first-order chi connectivity index (χ1) is 7.90. The smallest absolute Gasteiger partial charge is 0.422 e. The van der Waals surface area contributed by atoms with Crippen LogP contribution in [0.25, 0.3) is 0 Å². The summed E-state index contributed by atoms with van der Waals surface area (Å²) < 4.78 is 39.9. The van der Waals surface area contributed by atoms with Gasteiger partial charge < -0.3 is 10.1 Å². The first-order valence-corrected chi connectivity index (χ1v) is 4.81. The number of amides is 1. The summed E-state index contributed by atoms with van der Waals surface area (Å²) in [5, 5.41) is 2.22. The minimum absolute atomic E-state index is 0.0321. The highest BCUT2D eigenvalue weighted by atomic mass is 35.5. The minimum atomic E-state index is -4.46. The number of carbonyl (C=O) groups is 1. The average Bonchev–Trinajstić information content (AvgIpc) is 2.26. The standard InChI is InChI=1S/C8H7ClF3N3O2/c9-1-6(16)14-5-2-13-3-7(15-5)17-4-8(10,11)12/h2-3H,1,4H2,(H,14,15,16). The molecule has 1 rings (SSSR count). The van der Waals surface area contributed by atoms with Gasteiger partial charge in [0.05, 0.1) is 12.4 Å². The number of halogens is 4. The summed E-state index contributed by atoms with van der Waals surface area (Å²) in [5.41, 5.74) is 0. The maximum atomic E-state index is 11.8. The summed E-state index contributed by atoms with van der Waals surface area (Å²) in [6, 6.07) is 0. The molecule has 1 aromatic heterocycles. The fraction of sp³-hybridized carbons (Fsp3) is 0.375. The molecule has 5 nitrogen and oxygen atoms in total. The van der Waals surface area contributed by atoms with Crippen LogP contribution in [-0.4, -0.2) is 34.5 Å². The molecule has 0 unspecified atom stereocenters. The molecular formula is C8H7ClF3N3O2. The number of anilines is 1. The van der Waals surface area contributed by atoms with Crippen molar-refractivity contribution in [1.82, 2.24) is 9.97 Å². The third-order valence-electron chi connectivity index (χ3n) is 1.39. The first kappa shape index (κ1) is 13.5. The molecule has 1 aromatic rings. The van der Waals surface area contributed by atoms with Crippen LogP contribution in [0.3, 0.4) is 0 Å². The topological polar surface area (TPSA) is 64.1 Å². The van der Waals surface area contributed by atoms with Crippen LogP contribution < -0.4 is 10.1 Å². The van der Waals surface area contributed by atoms with E-state index in [2.05, 4.69) is 20.0 Å². The second kappa shape index (κ2) is 5.67. The predicted octanol–water partition coefficient (Wildman–Crippen LogP) is 1.59. The number of nitrogens with one attached hydrogen (secondary N) is 1. The zero-order valence-corrected chi connectivity index (χ0v) is 9.05. The SMILES string of the molecule is O=C(CCl)Nc1cncc(OCC(F)(F)F)n1. The number of carbonyl (C=O) groups excluding carboxylic acids is 1. The number of alkyl halides is 4. The lowest BCUT2D eigenvalue weighted by molar-refractivity contribution is -0.154. The molecular weight excluding hydrogens is 263 g/mol. The largest absolute Gasteiger partial charge is 0.467 e. The molecule has 1 N–H and O–H groups in total. The average molecular weight is 270 g/mol. The minimum Gasteiger partial charge on any atom is -0.467 e. The van der Waals surface area contributed by atoms with E-state index in [9.17, 15) is 18.0 Å². The molecule has 0 spiro atoms. The summed E-state index contributed by atoms with van der Waals surface area (Å²) in [7, 11) is 0. The van der Waals surface area contributed by atoms with E-state index in [1.807, 2.05) is 0 Å². The van der Waals surface area contributed by atoms with Gasteiger partial charge in [-0.05, 0) is 0 Å². The number of rotatable bonds is 4. The summed E-state index contributed by atoms with van der Waals surface area (Å²) in [5.74, 6) is -1.21. The third kappa shape index (κ3) is 5.34. The van der Waals surface area contributed by atoms with Gasteiger partial charge in [-0.15, -0.1) is 11.6 Å². The Hall–Kier alpha value is -1.57. The Kier molecular flexibility index (Phi) is 4.50. The fourth-order valence-corrected chi connectivity index (χ4v) is 0.877. The monoisotopic (exact) mass is 269 g/mol. The van der Waals surface area contributed by atoms with E-state index in [4.69, 9.17) is 11.6 Å². The van der Waals surface area contributed by atoms with Crippen LogP contribution in [0.1, 0.15) is 0 Å². The van der Waals surface area contributed by atoms with Gasteiger partial charge in [0.2, 0.25) is 11.8 Å². The lowest BCUT2D eigenvalue weighted by atomic mass is 10.6. The zero-order chi connectivity index (χ0) is 12.9. The fourth-order valence-electron chi connectivity index (χ4n) is 0.810. The number of hydrogen-bond donors (Lipinski definition) is 1. The van der Waals surface area contributed by atoms with Crippen LogP contribution in [0.15, 0.2) is 12.4 Å². The number of hydrogen-bond acceptors (Lipinski definition) is 4. The molecule has 94 valence electrons. The van der Waals surface area contributed by atoms with Crippen LogP contribution in [0, 0.1) is 0 Å².